The molecule has 7 nitrogen and oxygen atoms in total. The number of nitrogens with zero attached hydrogens (tertiary/aromatic N) is 2. The molecule has 0 saturated carbocycles. The summed E-state index contributed by atoms with van der Waals surface area (Å²) in [7, 11) is 4.74. The summed E-state index contributed by atoms with van der Waals surface area (Å²) < 4.78 is 18.4. The van der Waals surface area contributed by atoms with Crippen molar-refractivity contribution in [1.82, 2.24) is 9.78 Å². The molecule has 30 heavy (non-hydrogen) atoms. The van der Waals surface area contributed by atoms with Gasteiger partial charge in [-0.15, -0.1) is 0 Å². The number of aryl methyl sites for hydroxylation is 1. The number of carbonyl (C=O) groups excluding carboxylic acids is 1. The van der Waals surface area contributed by atoms with Gasteiger partial charge in [-0.25, -0.2) is 4.68 Å². The maximum absolute atomic E-state index is 12.6. The van der Waals surface area contributed by atoms with Crippen molar-refractivity contribution in [2.45, 2.75) is 25.7 Å². The number of methoxy groups -OCH3 is 3. The van der Waals surface area contributed by atoms with Crippen molar-refractivity contribution < 1.29 is 19.0 Å². The molecule has 7 heteroatoms. The third-order valence-electron chi connectivity index (χ3n) is 5.49. The van der Waals surface area contributed by atoms with Gasteiger partial charge in [-0.3, -0.25) is 4.79 Å². The predicted molar refractivity (Wildman–Crippen MR) is 114 cm³/mol. The van der Waals surface area contributed by atoms with Crippen LogP contribution in [0, 0.1) is 0 Å². The summed E-state index contributed by atoms with van der Waals surface area (Å²) in [6, 6.07) is 11.9. The number of hydrogen-bond acceptors (Lipinski definition) is 5. The van der Waals surface area contributed by atoms with Crippen molar-refractivity contribution in [3.8, 4) is 22.9 Å². The summed E-state index contributed by atoms with van der Waals surface area (Å²) in [4.78, 5) is 12.6. The lowest BCUT2D eigenvalue weighted by Gasteiger charge is -2.26. The third kappa shape index (κ3) is 3.26. The number of hydrogen-bond donors (Lipinski definition) is 1. The Kier molecular flexibility index (Phi) is 5.35. The van der Waals surface area contributed by atoms with Crippen LogP contribution in [0.1, 0.15) is 36.0 Å². The van der Waals surface area contributed by atoms with Crippen LogP contribution in [-0.4, -0.2) is 37.0 Å². The number of rotatable bonds is 6. The summed E-state index contributed by atoms with van der Waals surface area (Å²) in [5.74, 6) is 2.03. The number of ether oxygens (including phenoxy) is 3. The number of benzene rings is 2. The van der Waals surface area contributed by atoms with Gasteiger partial charge in [0.25, 0.3) is 0 Å². The number of fused-ring (bicyclic) bond motifs is 1. The van der Waals surface area contributed by atoms with Crippen molar-refractivity contribution in [2.75, 3.05) is 26.6 Å². The van der Waals surface area contributed by atoms with Crippen LogP contribution < -0.4 is 19.5 Å². The lowest BCUT2D eigenvalue weighted by molar-refractivity contribution is -0.116. The molecule has 1 aliphatic heterocycles. The van der Waals surface area contributed by atoms with E-state index in [1.54, 1.807) is 26.0 Å². The molecule has 1 aliphatic rings. The Balaban J connectivity index is 1.85. The van der Waals surface area contributed by atoms with E-state index in [2.05, 4.69) is 29.5 Å². The van der Waals surface area contributed by atoms with Gasteiger partial charge in [-0.1, -0.05) is 25.1 Å². The van der Waals surface area contributed by atoms with Crippen LogP contribution in [0.25, 0.3) is 5.69 Å². The molecule has 1 N–H and O–H groups in total. The van der Waals surface area contributed by atoms with E-state index in [0.717, 1.165) is 23.2 Å². The Hall–Kier alpha value is -3.48. The standard InChI is InChI=1S/C23H25N3O4/c1-5-14-7-6-8-15(11-14)26-23-18(13-24-26)17(12-20(27)25-23)16-9-10-19(28-2)22(30-4)21(16)29-3/h6-11,13,17H,5,12H2,1-4H3,(H,25,27). The molecule has 1 atom stereocenters. The minimum atomic E-state index is -0.216. The van der Waals surface area contributed by atoms with E-state index in [1.807, 2.05) is 30.5 Å². The zero-order valence-electron chi connectivity index (χ0n) is 17.6. The zero-order chi connectivity index (χ0) is 21.3. The Morgan fingerprint density at radius 1 is 1.07 bits per heavy atom. The van der Waals surface area contributed by atoms with Crippen molar-refractivity contribution >= 4 is 11.7 Å². The smallest absolute Gasteiger partial charge is 0.226 e. The minimum absolute atomic E-state index is 0.0715. The van der Waals surface area contributed by atoms with Crippen LogP contribution in [-0.2, 0) is 11.2 Å². The van der Waals surface area contributed by atoms with Gasteiger partial charge < -0.3 is 19.5 Å². The van der Waals surface area contributed by atoms with Crippen LogP contribution in [0.5, 0.6) is 17.2 Å². The second kappa shape index (κ2) is 8.10. The minimum Gasteiger partial charge on any atom is -0.493 e. The fourth-order valence-corrected chi connectivity index (χ4v) is 4.00. The van der Waals surface area contributed by atoms with Gasteiger partial charge in [0.05, 0.1) is 33.2 Å². The van der Waals surface area contributed by atoms with Gasteiger partial charge in [-0.2, -0.15) is 5.10 Å². The van der Waals surface area contributed by atoms with E-state index in [9.17, 15) is 4.79 Å². The number of anilines is 1. The lowest BCUT2D eigenvalue weighted by Crippen LogP contribution is -2.25. The molecule has 1 unspecified atom stereocenters. The molecule has 0 spiro atoms. The SMILES string of the molecule is CCc1cccc(-n2ncc3c2NC(=O)CC3c2ccc(OC)c(OC)c2OC)c1. The third-order valence-corrected chi connectivity index (χ3v) is 5.49. The van der Waals surface area contributed by atoms with Crippen molar-refractivity contribution in [2.24, 2.45) is 0 Å². The molecule has 0 aliphatic carbocycles. The molecule has 2 aromatic carbocycles. The van der Waals surface area contributed by atoms with E-state index in [4.69, 9.17) is 14.2 Å². The molecule has 0 fully saturated rings. The Morgan fingerprint density at radius 3 is 2.57 bits per heavy atom. The number of aromatic nitrogens is 2. The first-order valence-corrected chi connectivity index (χ1v) is 9.87. The zero-order valence-corrected chi connectivity index (χ0v) is 17.6. The Morgan fingerprint density at radius 2 is 1.87 bits per heavy atom. The topological polar surface area (TPSA) is 74.6 Å². The fourth-order valence-electron chi connectivity index (χ4n) is 4.00. The van der Waals surface area contributed by atoms with Crippen molar-refractivity contribution in [1.29, 1.82) is 0 Å². The Labute approximate surface area is 175 Å². The molecule has 3 aromatic rings. The summed E-state index contributed by atoms with van der Waals surface area (Å²) >= 11 is 0. The lowest BCUT2D eigenvalue weighted by atomic mass is 9.86. The molecule has 0 bridgehead atoms. The molecular weight excluding hydrogens is 382 g/mol. The second-order valence-corrected chi connectivity index (χ2v) is 7.11. The van der Waals surface area contributed by atoms with Crippen LogP contribution in [0.3, 0.4) is 0 Å². The van der Waals surface area contributed by atoms with Gasteiger partial charge in [0, 0.05) is 23.5 Å². The van der Waals surface area contributed by atoms with Gasteiger partial charge in [0.15, 0.2) is 11.5 Å². The quantitative estimate of drug-likeness (QED) is 0.670. The van der Waals surface area contributed by atoms with E-state index < -0.39 is 0 Å². The van der Waals surface area contributed by atoms with Crippen LogP contribution in [0.15, 0.2) is 42.6 Å². The van der Waals surface area contributed by atoms with Crippen LogP contribution in [0.4, 0.5) is 5.82 Å². The van der Waals surface area contributed by atoms with Crippen molar-refractivity contribution in [3.63, 3.8) is 0 Å². The molecule has 1 amide bonds. The highest BCUT2D eigenvalue weighted by atomic mass is 16.5. The average Bonchev–Trinajstić information content (AvgIpc) is 3.21. The first-order chi connectivity index (χ1) is 14.6. The highest BCUT2D eigenvalue weighted by molar-refractivity contribution is 5.95. The summed E-state index contributed by atoms with van der Waals surface area (Å²) in [6.07, 6.45) is 3.03. The summed E-state index contributed by atoms with van der Waals surface area (Å²) in [6.45, 7) is 2.11. The largest absolute Gasteiger partial charge is 0.493 e. The Bertz CT molecular complexity index is 1090. The van der Waals surface area contributed by atoms with E-state index >= 15 is 0 Å². The van der Waals surface area contributed by atoms with Crippen molar-refractivity contribution in [3.05, 3.63) is 59.3 Å². The molecule has 0 radical (unpaired) electrons. The monoisotopic (exact) mass is 407 g/mol. The second-order valence-electron chi connectivity index (χ2n) is 7.11. The predicted octanol–water partition coefficient (Wildman–Crippen LogP) is 3.93. The fraction of sp³-hybridized carbons (Fsp3) is 0.304. The normalized spacial score (nSPS) is 15.3. The molecule has 4 rings (SSSR count). The van der Waals surface area contributed by atoms with E-state index in [0.29, 0.717) is 29.5 Å². The van der Waals surface area contributed by atoms with Gasteiger partial charge in [-0.05, 0) is 30.2 Å². The maximum atomic E-state index is 12.6. The molecule has 2 heterocycles. The first kappa shape index (κ1) is 19.8. The number of carbonyl (C=O) groups is 1. The van der Waals surface area contributed by atoms with Gasteiger partial charge >= 0.3 is 0 Å². The van der Waals surface area contributed by atoms with E-state index in [-0.39, 0.29) is 11.8 Å². The van der Waals surface area contributed by atoms with E-state index in [1.165, 1.54) is 5.56 Å². The highest BCUT2D eigenvalue weighted by Crippen LogP contribution is 2.47. The average molecular weight is 407 g/mol. The molecule has 0 saturated heterocycles. The number of nitrogens with one attached hydrogen (secondary N) is 1. The van der Waals surface area contributed by atoms with Gasteiger partial charge in [0.2, 0.25) is 11.7 Å². The van der Waals surface area contributed by atoms with Crippen LogP contribution in [0.2, 0.25) is 0 Å². The highest BCUT2D eigenvalue weighted by Gasteiger charge is 2.33. The summed E-state index contributed by atoms with van der Waals surface area (Å²) in [5.41, 5.74) is 3.91. The summed E-state index contributed by atoms with van der Waals surface area (Å²) in [5, 5.41) is 7.59. The number of amides is 1. The maximum Gasteiger partial charge on any atom is 0.226 e. The molecular formula is C23H25N3O4. The first-order valence-electron chi connectivity index (χ1n) is 9.87. The van der Waals surface area contributed by atoms with Gasteiger partial charge in [0.1, 0.15) is 5.82 Å². The molecule has 156 valence electrons. The van der Waals surface area contributed by atoms with Crippen LogP contribution >= 0.6 is 0 Å². The molecule has 1 aromatic heterocycles.